The van der Waals surface area contributed by atoms with Gasteiger partial charge in [0.15, 0.2) is 15.8 Å². The van der Waals surface area contributed by atoms with Crippen molar-refractivity contribution in [3.05, 3.63) is 34.2 Å². The van der Waals surface area contributed by atoms with Gasteiger partial charge in [0.25, 0.3) is 11.1 Å². The number of benzene rings is 1. The maximum absolute atomic E-state index is 12.5. The van der Waals surface area contributed by atoms with Gasteiger partial charge < -0.3 is 14.8 Å². The number of amides is 3. The van der Waals surface area contributed by atoms with Gasteiger partial charge in [-0.3, -0.25) is 19.3 Å². The van der Waals surface area contributed by atoms with Crippen LogP contribution in [0.2, 0.25) is 0 Å². The van der Waals surface area contributed by atoms with Crippen molar-refractivity contribution in [2.24, 2.45) is 0 Å². The number of hydrogen-bond acceptors (Lipinski definition) is 10. The third-order valence-electron chi connectivity index (χ3n) is 3.89. The lowest BCUT2D eigenvalue weighted by molar-refractivity contribution is -0.123. The quantitative estimate of drug-likeness (QED) is 0.501. The predicted octanol–water partition coefficient (Wildman–Crippen LogP) is 2.21. The molecule has 1 aromatic heterocycles. The van der Waals surface area contributed by atoms with Crippen LogP contribution in [0.5, 0.6) is 11.5 Å². The summed E-state index contributed by atoms with van der Waals surface area (Å²) in [7, 11) is 0. The zero-order chi connectivity index (χ0) is 20.2. The summed E-state index contributed by atoms with van der Waals surface area (Å²) in [6, 6.07) is 5.30. The number of carbonyl (C=O) groups excluding carboxylic acids is 3. The van der Waals surface area contributed by atoms with Crippen molar-refractivity contribution in [1.29, 1.82) is 0 Å². The second-order valence-electron chi connectivity index (χ2n) is 5.79. The van der Waals surface area contributed by atoms with Crippen molar-refractivity contribution >= 4 is 58.0 Å². The molecule has 29 heavy (non-hydrogen) atoms. The summed E-state index contributed by atoms with van der Waals surface area (Å²) in [5.74, 6) is 0.867. The molecular weight excluding hydrogens is 436 g/mol. The molecule has 0 bridgehead atoms. The molecule has 1 aromatic carbocycles. The van der Waals surface area contributed by atoms with Gasteiger partial charge in [0, 0.05) is 13.1 Å². The lowest BCUT2D eigenvalue weighted by Crippen LogP contribution is -2.37. The zero-order valence-corrected chi connectivity index (χ0v) is 17.3. The Bertz CT molecular complexity index is 979. The molecule has 2 aliphatic rings. The number of thioether (sulfide) groups is 2. The second-order valence-corrected chi connectivity index (χ2v) is 8.84. The van der Waals surface area contributed by atoms with Gasteiger partial charge in [0.1, 0.15) is 5.51 Å². The summed E-state index contributed by atoms with van der Waals surface area (Å²) in [6.07, 6.45) is 1.64. The van der Waals surface area contributed by atoms with E-state index >= 15 is 0 Å². The third kappa shape index (κ3) is 4.71. The first-order valence-corrected chi connectivity index (χ1v) is 11.1. The van der Waals surface area contributed by atoms with Crippen LogP contribution in [0.1, 0.15) is 5.56 Å². The summed E-state index contributed by atoms with van der Waals surface area (Å²) in [6.45, 7) is 0.462. The first kappa shape index (κ1) is 19.7. The number of rotatable bonds is 7. The number of aromatic nitrogens is 2. The van der Waals surface area contributed by atoms with E-state index in [1.807, 2.05) is 0 Å². The Balaban J connectivity index is 1.29. The summed E-state index contributed by atoms with van der Waals surface area (Å²) in [4.78, 5) is 38.0. The van der Waals surface area contributed by atoms with Crippen molar-refractivity contribution in [2.45, 2.75) is 4.34 Å². The Morgan fingerprint density at radius 3 is 3.00 bits per heavy atom. The van der Waals surface area contributed by atoms with Gasteiger partial charge in [-0.2, -0.15) is 0 Å². The molecule has 0 aliphatic carbocycles. The minimum absolute atomic E-state index is 0.109. The van der Waals surface area contributed by atoms with E-state index in [0.717, 1.165) is 22.2 Å². The van der Waals surface area contributed by atoms with Crippen LogP contribution in [0.15, 0.2) is 33.0 Å². The average molecular weight is 451 g/mol. The minimum atomic E-state index is -0.379. The monoisotopic (exact) mass is 450 g/mol. The van der Waals surface area contributed by atoms with E-state index in [9.17, 15) is 14.4 Å². The molecule has 4 rings (SSSR count). The molecule has 12 heteroatoms. The van der Waals surface area contributed by atoms with Gasteiger partial charge >= 0.3 is 0 Å². The molecule has 1 N–H and O–H groups in total. The molecule has 0 unspecified atom stereocenters. The molecule has 2 aliphatic heterocycles. The fourth-order valence-corrected chi connectivity index (χ4v) is 4.74. The van der Waals surface area contributed by atoms with Gasteiger partial charge in [0.05, 0.1) is 10.7 Å². The molecule has 3 heterocycles. The number of nitrogens with zero attached hydrogens (tertiary/aromatic N) is 3. The van der Waals surface area contributed by atoms with Crippen LogP contribution < -0.4 is 14.8 Å². The standard InChI is InChI=1S/C17H14N4O5S3/c22-14(7-27-16-20-19-8-28-16)18-3-4-21-15(23)13(29-17(21)24)6-10-1-2-11-12(5-10)26-9-25-11/h1-2,5-6,8H,3-4,7,9H2,(H,18,22)/b13-6-. The molecule has 2 aromatic rings. The first-order chi connectivity index (χ1) is 14.1. The molecule has 0 saturated carbocycles. The average Bonchev–Trinajstić information content (AvgIpc) is 3.44. The Kier molecular flexibility index (Phi) is 6.02. The number of imide groups is 1. The van der Waals surface area contributed by atoms with E-state index in [-0.39, 0.29) is 42.7 Å². The number of nitrogens with one attached hydrogen (secondary N) is 1. The topological polar surface area (TPSA) is 111 Å². The Morgan fingerprint density at radius 2 is 2.17 bits per heavy atom. The summed E-state index contributed by atoms with van der Waals surface area (Å²) in [5.41, 5.74) is 2.33. The first-order valence-electron chi connectivity index (χ1n) is 8.41. The third-order valence-corrected chi connectivity index (χ3v) is 6.66. The molecule has 9 nitrogen and oxygen atoms in total. The summed E-state index contributed by atoms with van der Waals surface area (Å²) >= 11 is 3.51. The van der Waals surface area contributed by atoms with Crippen LogP contribution in [0, 0.1) is 0 Å². The van der Waals surface area contributed by atoms with Gasteiger partial charge in [-0.05, 0) is 35.5 Å². The Morgan fingerprint density at radius 1 is 1.31 bits per heavy atom. The van der Waals surface area contributed by atoms with Crippen LogP contribution in [0.25, 0.3) is 6.08 Å². The number of fused-ring (bicyclic) bond motifs is 1. The van der Waals surface area contributed by atoms with E-state index in [2.05, 4.69) is 15.5 Å². The summed E-state index contributed by atoms with van der Waals surface area (Å²) < 4.78 is 11.3. The molecule has 1 saturated heterocycles. The van der Waals surface area contributed by atoms with E-state index in [4.69, 9.17) is 9.47 Å². The van der Waals surface area contributed by atoms with Crippen molar-refractivity contribution in [3.63, 3.8) is 0 Å². The van der Waals surface area contributed by atoms with Crippen molar-refractivity contribution < 1.29 is 23.9 Å². The van der Waals surface area contributed by atoms with E-state index in [0.29, 0.717) is 20.7 Å². The van der Waals surface area contributed by atoms with Crippen LogP contribution in [0.4, 0.5) is 4.79 Å². The minimum Gasteiger partial charge on any atom is -0.454 e. The SMILES string of the molecule is O=C(CSc1nncs1)NCCN1C(=O)S/C(=C\c2ccc3c(c2)OCO3)C1=O. The molecule has 150 valence electrons. The Hall–Kier alpha value is -2.57. The number of hydrogen-bond donors (Lipinski definition) is 1. The highest BCUT2D eigenvalue weighted by atomic mass is 32.2. The number of carbonyl (C=O) groups is 3. The lowest BCUT2D eigenvalue weighted by atomic mass is 10.2. The largest absolute Gasteiger partial charge is 0.454 e. The van der Waals surface area contributed by atoms with Crippen LogP contribution in [-0.2, 0) is 9.59 Å². The highest BCUT2D eigenvalue weighted by Gasteiger charge is 2.34. The zero-order valence-electron chi connectivity index (χ0n) is 14.8. The normalized spacial score (nSPS) is 16.7. The molecular formula is C17H14N4O5S3. The smallest absolute Gasteiger partial charge is 0.293 e. The van der Waals surface area contributed by atoms with E-state index < -0.39 is 0 Å². The maximum atomic E-state index is 12.5. The van der Waals surface area contributed by atoms with Gasteiger partial charge in [0.2, 0.25) is 12.7 Å². The fourth-order valence-electron chi connectivity index (χ4n) is 2.56. The summed E-state index contributed by atoms with van der Waals surface area (Å²) in [5, 5.41) is 9.88. The van der Waals surface area contributed by atoms with Crippen molar-refractivity contribution in [2.75, 3.05) is 25.6 Å². The molecule has 0 spiro atoms. The highest BCUT2D eigenvalue weighted by molar-refractivity contribution is 8.18. The van der Waals surface area contributed by atoms with Gasteiger partial charge in [-0.15, -0.1) is 10.2 Å². The molecule has 0 atom stereocenters. The van der Waals surface area contributed by atoms with E-state index in [1.165, 1.54) is 23.1 Å². The second kappa shape index (κ2) is 8.84. The lowest BCUT2D eigenvalue weighted by Gasteiger charge is -2.12. The Labute approximate surface area is 177 Å². The molecule has 3 amide bonds. The van der Waals surface area contributed by atoms with Crippen molar-refractivity contribution in [1.82, 2.24) is 20.4 Å². The van der Waals surface area contributed by atoms with Gasteiger partial charge in [-0.1, -0.05) is 29.2 Å². The maximum Gasteiger partial charge on any atom is 0.293 e. The van der Waals surface area contributed by atoms with Crippen LogP contribution in [-0.4, -0.2) is 57.8 Å². The van der Waals surface area contributed by atoms with Crippen molar-refractivity contribution in [3.8, 4) is 11.5 Å². The van der Waals surface area contributed by atoms with E-state index in [1.54, 1.807) is 29.8 Å². The van der Waals surface area contributed by atoms with Crippen LogP contribution in [0.3, 0.4) is 0 Å². The highest BCUT2D eigenvalue weighted by Crippen LogP contribution is 2.36. The molecule has 1 fully saturated rings. The molecule has 0 radical (unpaired) electrons. The fraction of sp³-hybridized carbons (Fsp3) is 0.235. The van der Waals surface area contributed by atoms with Gasteiger partial charge in [-0.25, -0.2) is 0 Å². The predicted molar refractivity (Wildman–Crippen MR) is 109 cm³/mol. The number of ether oxygens (including phenoxy) is 2. The van der Waals surface area contributed by atoms with Crippen LogP contribution >= 0.6 is 34.9 Å².